The standard InChI is InChI=1S/C10H10BrN3/c11-6-1-2-9-8(3-6)13-10-4-7(12)5-14(9)10/h1-3,7H,4-5,12H2. The van der Waals surface area contributed by atoms with Crippen LogP contribution < -0.4 is 5.73 Å². The molecule has 0 aliphatic carbocycles. The number of benzene rings is 1. The van der Waals surface area contributed by atoms with Gasteiger partial charge in [0.25, 0.3) is 0 Å². The summed E-state index contributed by atoms with van der Waals surface area (Å²) in [4.78, 5) is 4.56. The molecule has 2 heterocycles. The van der Waals surface area contributed by atoms with Gasteiger partial charge in [0.15, 0.2) is 0 Å². The summed E-state index contributed by atoms with van der Waals surface area (Å²) in [7, 11) is 0. The Morgan fingerprint density at radius 1 is 1.50 bits per heavy atom. The quantitative estimate of drug-likeness (QED) is 0.775. The van der Waals surface area contributed by atoms with Crippen molar-refractivity contribution in [2.24, 2.45) is 5.73 Å². The molecule has 1 atom stereocenters. The highest BCUT2D eigenvalue weighted by atomic mass is 79.9. The molecule has 1 aromatic heterocycles. The van der Waals surface area contributed by atoms with Crippen molar-refractivity contribution in [1.82, 2.24) is 9.55 Å². The van der Waals surface area contributed by atoms with Crippen LogP contribution in [0.4, 0.5) is 0 Å². The van der Waals surface area contributed by atoms with Crippen molar-refractivity contribution >= 4 is 27.0 Å². The molecule has 0 amide bonds. The van der Waals surface area contributed by atoms with Crippen LogP contribution in [0.2, 0.25) is 0 Å². The Labute approximate surface area is 90.0 Å². The zero-order chi connectivity index (χ0) is 9.71. The molecule has 1 aliphatic heterocycles. The molecule has 0 radical (unpaired) electrons. The molecule has 1 unspecified atom stereocenters. The number of nitrogens with zero attached hydrogens (tertiary/aromatic N) is 2. The number of hydrogen-bond donors (Lipinski definition) is 1. The minimum absolute atomic E-state index is 0.241. The number of hydrogen-bond acceptors (Lipinski definition) is 2. The second-order valence-electron chi connectivity index (χ2n) is 3.74. The predicted molar refractivity (Wildman–Crippen MR) is 59.1 cm³/mol. The lowest BCUT2D eigenvalue weighted by Crippen LogP contribution is -2.20. The summed E-state index contributed by atoms with van der Waals surface area (Å²) in [6, 6.07) is 6.42. The molecule has 0 fully saturated rings. The SMILES string of the molecule is NC1Cc2nc3cc(Br)ccc3n2C1. The smallest absolute Gasteiger partial charge is 0.111 e. The maximum Gasteiger partial charge on any atom is 0.111 e. The lowest BCUT2D eigenvalue weighted by Gasteiger charge is -2.01. The molecule has 3 rings (SSSR count). The Hall–Kier alpha value is -0.870. The van der Waals surface area contributed by atoms with E-state index in [1.54, 1.807) is 0 Å². The first-order chi connectivity index (χ1) is 6.74. The first kappa shape index (κ1) is 8.44. The van der Waals surface area contributed by atoms with Gasteiger partial charge in [-0.1, -0.05) is 15.9 Å². The van der Waals surface area contributed by atoms with Crippen molar-refractivity contribution in [3.8, 4) is 0 Å². The minimum atomic E-state index is 0.241. The fourth-order valence-electron chi connectivity index (χ4n) is 2.05. The first-order valence-corrected chi connectivity index (χ1v) is 5.43. The minimum Gasteiger partial charge on any atom is -0.326 e. The molecule has 0 saturated carbocycles. The van der Waals surface area contributed by atoms with Crippen molar-refractivity contribution in [2.75, 3.05) is 0 Å². The third-order valence-electron chi connectivity index (χ3n) is 2.65. The Morgan fingerprint density at radius 3 is 3.21 bits per heavy atom. The fourth-order valence-corrected chi connectivity index (χ4v) is 2.39. The Kier molecular flexibility index (Phi) is 1.69. The van der Waals surface area contributed by atoms with Crippen molar-refractivity contribution in [1.29, 1.82) is 0 Å². The molecule has 14 heavy (non-hydrogen) atoms. The average Bonchev–Trinajstić information content (AvgIpc) is 2.59. The first-order valence-electron chi connectivity index (χ1n) is 4.64. The van der Waals surface area contributed by atoms with Crippen molar-refractivity contribution in [2.45, 2.75) is 19.0 Å². The maximum atomic E-state index is 5.88. The van der Waals surface area contributed by atoms with E-state index < -0.39 is 0 Å². The molecule has 0 saturated heterocycles. The van der Waals surface area contributed by atoms with Gasteiger partial charge in [0.1, 0.15) is 5.82 Å². The third-order valence-corrected chi connectivity index (χ3v) is 3.14. The van der Waals surface area contributed by atoms with Crippen LogP contribution in [0.5, 0.6) is 0 Å². The second-order valence-corrected chi connectivity index (χ2v) is 4.65. The van der Waals surface area contributed by atoms with Gasteiger partial charge < -0.3 is 10.3 Å². The van der Waals surface area contributed by atoms with Crippen molar-refractivity contribution in [3.05, 3.63) is 28.5 Å². The zero-order valence-electron chi connectivity index (χ0n) is 7.57. The molecule has 0 spiro atoms. The van der Waals surface area contributed by atoms with E-state index in [1.807, 2.05) is 12.1 Å². The van der Waals surface area contributed by atoms with E-state index in [0.717, 1.165) is 28.8 Å². The van der Waals surface area contributed by atoms with Crippen LogP contribution in [0.15, 0.2) is 22.7 Å². The van der Waals surface area contributed by atoms with Crippen LogP contribution >= 0.6 is 15.9 Å². The maximum absolute atomic E-state index is 5.88. The molecule has 2 N–H and O–H groups in total. The van der Waals surface area contributed by atoms with Gasteiger partial charge in [-0.2, -0.15) is 0 Å². The lowest BCUT2D eigenvalue weighted by atomic mass is 10.2. The number of imidazole rings is 1. The summed E-state index contributed by atoms with van der Waals surface area (Å²) < 4.78 is 3.29. The van der Waals surface area contributed by atoms with Gasteiger partial charge >= 0.3 is 0 Å². The van der Waals surface area contributed by atoms with E-state index in [9.17, 15) is 0 Å². The number of halogens is 1. The average molecular weight is 252 g/mol. The number of nitrogens with two attached hydrogens (primary N) is 1. The molecule has 1 aromatic carbocycles. The van der Waals surface area contributed by atoms with E-state index in [-0.39, 0.29) is 6.04 Å². The van der Waals surface area contributed by atoms with E-state index in [0.29, 0.717) is 0 Å². The van der Waals surface area contributed by atoms with Crippen LogP contribution in [0.3, 0.4) is 0 Å². The monoisotopic (exact) mass is 251 g/mol. The number of aromatic nitrogens is 2. The highest BCUT2D eigenvalue weighted by Gasteiger charge is 2.21. The Morgan fingerprint density at radius 2 is 2.36 bits per heavy atom. The molecule has 0 bridgehead atoms. The second kappa shape index (κ2) is 2.81. The van der Waals surface area contributed by atoms with Crippen LogP contribution in [-0.2, 0) is 13.0 Å². The molecule has 72 valence electrons. The van der Waals surface area contributed by atoms with Gasteiger partial charge in [0, 0.05) is 23.5 Å². The van der Waals surface area contributed by atoms with Crippen LogP contribution in [0, 0.1) is 0 Å². The summed E-state index contributed by atoms with van der Waals surface area (Å²) in [5.74, 6) is 1.12. The predicted octanol–water partition coefficient (Wildman–Crippen LogP) is 1.68. The van der Waals surface area contributed by atoms with Gasteiger partial charge in [-0.3, -0.25) is 0 Å². The molecule has 4 heteroatoms. The normalized spacial score (nSPS) is 20.3. The van der Waals surface area contributed by atoms with Crippen LogP contribution in [0.25, 0.3) is 11.0 Å². The van der Waals surface area contributed by atoms with E-state index >= 15 is 0 Å². The largest absolute Gasteiger partial charge is 0.326 e. The molecule has 3 nitrogen and oxygen atoms in total. The van der Waals surface area contributed by atoms with E-state index in [4.69, 9.17) is 5.73 Å². The van der Waals surface area contributed by atoms with Crippen molar-refractivity contribution < 1.29 is 0 Å². The van der Waals surface area contributed by atoms with E-state index in [2.05, 4.69) is 31.5 Å². The Bertz CT molecular complexity index is 503. The molecular weight excluding hydrogens is 242 g/mol. The van der Waals surface area contributed by atoms with Crippen LogP contribution in [-0.4, -0.2) is 15.6 Å². The summed E-state index contributed by atoms with van der Waals surface area (Å²) in [5, 5.41) is 0. The van der Waals surface area contributed by atoms with E-state index in [1.165, 1.54) is 5.52 Å². The van der Waals surface area contributed by atoms with Gasteiger partial charge in [-0.05, 0) is 18.2 Å². The third kappa shape index (κ3) is 1.11. The van der Waals surface area contributed by atoms with Gasteiger partial charge in [-0.15, -0.1) is 0 Å². The summed E-state index contributed by atoms with van der Waals surface area (Å²) >= 11 is 3.44. The molecule has 2 aromatic rings. The zero-order valence-corrected chi connectivity index (χ0v) is 9.16. The molecular formula is C10H10BrN3. The number of fused-ring (bicyclic) bond motifs is 3. The summed E-state index contributed by atoms with van der Waals surface area (Å²) in [5.41, 5.74) is 8.13. The van der Waals surface area contributed by atoms with Gasteiger partial charge in [0.05, 0.1) is 11.0 Å². The molecule has 1 aliphatic rings. The highest BCUT2D eigenvalue weighted by Crippen LogP contribution is 2.24. The Balaban J connectivity index is 2.28. The summed E-state index contributed by atoms with van der Waals surface area (Å²) in [6.07, 6.45) is 0.895. The fraction of sp³-hybridized carbons (Fsp3) is 0.300. The van der Waals surface area contributed by atoms with Crippen molar-refractivity contribution in [3.63, 3.8) is 0 Å². The van der Waals surface area contributed by atoms with Gasteiger partial charge in [0.2, 0.25) is 0 Å². The number of rotatable bonds is 0. The lowest BCUT2D eigenvalue weighted by molar-refractivity contribution is 0.652. The topological polar surface area (TPSA) is 43.8 Å². The summed E-state index contributed by atoms with van der Waals surface area (Å²) in [6.45, 7) is 0.896. The van der Waals surface area contributed by atoms with Crippen LogP contribution in [0.1, 0.15) is 5.82 Å². The highest BCUT2D eigenvalue weighted by molar-refractivity contribution is 9.10. The van der Waals surface area contributed by atoms with Gasteiger partial charge in [-0.25, -0.2) is 4.98 Å².